The number of imidazole rings is 1. The summed E-state index contributed by atoms with van der Waals surface area (Å²) in [6.45, 7) is -0.432. The van der Waals surface area contributed by atoms with Gasteiger partial charge in [0.2, 0.25) is 0 Å². The minimum Gasteiger partial charge on any atom is -0.451 e. The Balaban J connectivity index is 1.64. The molecule has 0 aliphatic rings. The minimum absolute atomic E-state index is 0.138. The molecule has 1 amide bonds. The van der Waals surface area contributed by atoms with Crippen LogP contribution in [0.3, 0.4) is 0 Å². The third kappa shape index (κ3) is 4.26. The molecule has 0 aliphatic carbocycles. The Morgan fingerprint density at radius 1 is 1.15 bits per heavy atom. The predicted octanol–water partition coefficient (Wildman–Crippen LogP) is 3.41. The third-order valence-corrected chi connectivity index (χ3v) is 4.38. The van der Waals surface area contributed by atoms with E-state index in [4.69, 9.17) is 4.74 Å². The minimum atomic E-state index is -0.704. The van der Waals surface area contributed by atoms with Crippen LogP contribution in [-0.4, -0.2) is 28.0 Å². The summed E-state index contributed by atoms with van der Waals surface area (Å²) in [5.41, 5.74) is 1.34. The van der Waals surface area contributed by atoms with Crippen molar-refractivity contribution >= 4 is 40.2 Å². The van der Waals surface area contributed by atoms with Crippen molar-refractivity contribution in [2.24, 2.45) is 0 Å². The maximum absolute atomic E-state index is 13.0. The monoisotopic (exact) mass is 465 g/mol. The van der Waals surface area contributed by atoms with E-state index >= 15 is 0 Å². The van der Waals surface area contributed by atoms with E-state index in [2.05, 4.69) is 32.9 Å². The number of hydrogen-bond donors (Lipinski definition) is 1. The Morgan fingerprint density at radius 3 is 2.62 bits per heavy atom. The molecule has 26 heavy (non-hydrogen) atoms. The van der Waals surface area contributed by atoms with Crippen LogP contribution in [0.5, 0.6) is 0 Å². The van der Waals surface area contributed by atoms with Gasteiger partial charge in [-0.05, 0) is 59.0 Å². The molecule has 0 atom stereocenters. The average Bonchev–Trinajstić information content (AvgIpc) is 3.12. The quantitative estimate of drug-likeness (QED) is 0.463. The van der Waals surface area contributed by atoms with Crippen molar-refractivity contribution in [3.63, 3.8) is 0 Å². The predicted molar refractivity (Wildman–Crippen MR) is 102 cm³/mol. The number of carbonyl (C=O) groups is 2. The van der Waals surface area contributed by atoms with Crippen LogP contribution >= 0.6 is 22.6 Å². The maximum Gasteiger partial charge on any atom is 0.357 e. The fraction of sp³-hybridized carbons (Fsp3) is 0.0556. The lowest BCUT2D eigenvalue weighted by Gasteiger charge is -2.09. The molecule has 0 unspecified atom stereocenters. The van der Waals surface area contributed by atoms with Crippen molar-refractivity contribution in [3.05, 3.63) is 76.1 Å². The summed E-state index contributed by atoms with van der Waals surface area (Å²) in [6, 6.07) is 12.8. The van der Waals surface area contributed by atoms with Gasteiger partial charge in [-0.25, -0.2) is 14.2 Å². The molecule has 8 heteroatoms. The smallest absolute Gasteiger partial charge is 0.357 e. The number of nitrogens with zero attached hydrogens (tertiary/aromatic N) is 2. The molecule has 3 aromatic rings. The van der Waals surface area contributed by atoms with Crippen LogP contribution in [0.15, 0.2) is 61.1 Å². The van der Waals surface area contributed by atoms with E-state index in [1.807, 2.05) is 12.1 Å². The van der Waals surface area contributed by atoms with Crippen LogP contribution in [0.1, 0.15) is 10.5 Å². The summed E-state index contributed by atoms with van der Waals surface area (Å²) in [6.07, 6.45) is 2.74. The molecule has 0 aliphatic heterocycles. The lowest BCUT2D eigenvalue weighted by Crippen LogP contribution is -2.22. The van der Waals surface area contributed by atoms with Gasteiger partial charge in [0.15, 0.2) is 12.3 Å². The first-order valence-corrected chi connectivity index (χ1v) is 8.62. The molecule has 6 nitrogen and oxygen atoms in total. The number of esters is 1. The van der Waals surface area contributed by atoms with Crippen molar-refractivity contribution in [1.29, 1.82) is 0 Å². The number of ether oxygens (including phenoxy) is 1. The Kier molecular flexibility index (Phi) is 5.61. The van der Waals surface area contributed by atoms with E-state index in [9.17, 15) is 14.0 Å². The van der Waals surface area contributed by atoms with E-state index < -0.39 is 18.5 Å². The Hall–Kier alpha value is -2.75. The van der Waals surface area contributed by atoms with Crippen LogP contribution in [0.2, 0.25) is 0 Å². The lowest BCUT2D eigenvalue weighted by atomic mass is 10.3. The Labute approximate surface area is 162 Å². The van der Waals surface area contributed by atoms with Gasteiger partial charge >= 0.3 is 5.97 Å². The number of nitrogens with one attached hydrogen (secondary N) is 1. The summed E-state index contributed by atoms with van der Waals surface area (Å²) in [7, 11) is 0. The third-order valence-electron chi connectivity index (χ3n) is 3.43. The zero-order valence-electron chi connectivity index (χ0n) is 13.4. The zero-order chi connectivity index (χ0) is 18.5. The van der Waals surface area contributed by atoms with Crippen molar-refractivity contribution in [2.45, 2.75) is 0 Å². The summed E-state index contributed by atoms with van der Waals surface area (Å²) in [5.74, 6) is -1.54. The van der Waals surface area contributed by atoms with E-state index in [1.165, 1.54) is 41.4 Å². The summed E-state index contributed by atoms with van der Waals surface area (Å²) in [4.78, 5) is 28.1. The Morgan fingerprint density at radius 2 is 1.88 bits per heavy atom. The number of halogens is 2. The van der Waals surface area contributed by atoms with Crippen molar-refractivity contribution < 1.29 is 18.7 Å². The zero-order valence-corrected chi connectivity index (χ0v) is 15.5. The van der Waals surface area contributed by atoms with Gasteiger partial charge in [0.1, 0.15) is 5.82 Å². The largest absolute Gasteiger partial charge is 0.451 e. The number of rotatable bonds is 5. The maximum atomic E-state index is 13.0. The molecule has 0 spiro atoms. The second-order valence-corrected chi connectivity index (χ2v) is 6.39. The molecule has 0 bridgehead atoms. The van der Waals surface area contributed by atoms with Crippen molar-refractivity contribution in [3.8, 4) is 5.69 Å². The van der Waals surface area contributed by atoms with Crippen LogP contribution < -0.4 is 5.32 Å². The SMILES string of the molecule is O=C(COC(=O)c1cncn1-c1ccc(F)cc1)Nc1ccccc1I. The van der Waals surface area contributed by atoms with Crippen LogP contribution in [0, 0.1) is 9.39 Å². The first-order valence-electron chi connectivity index (χ1n) is 7.54. The summed E-state index contributed by atoms with van der Waals surface area (Å²) >= 11 is 2.10. The van der Waals surface area contributed by atoms with Gasteiger partial charge in [0.25, 0.3) is 5.91 Å². The molecule has 1 aromatic heterocycles. The highest BCUT2D eigenvalue weighted by atomic mass is 127. The van der Waals surface area contributed by atoms with Gasteiger partial charge in [-0.15, -0.1) is 0 Å². The number of aromatic nitrogens is 2. The fourth-order valence-electron chi connectivity index (χ4n) is 2.21. The molecule has 0 fully saturated rings. The van der Waals surface area contributed by atoms with Gasteiger partial charge in [-0.2, -0.15) is 0 Å². The highest BCUT2D eigenvalue weighted by molar-refractivity contribution is 14.1. The number of anilines is 1. The van der Waals surface area contributed by atoms with Gasteiger partial charge in [0.05, 0.1) is 18.2 Å². The number of carbonyl (C=O) groups excluding carboxylic acids is 2. The highest BCUT2D eigenvalue weighted by Gasteiger charge is 2.16. The van der Waals surface area contributed by atoms with Crippen LogP contribution in [0.25, 0.3) is 5.69 Å². The second-order valence-electron chi connectivity index (χ2n) is 5.23. The van der Waals surface area contributed by atoms with Crippen LogP contribution in [0.4, 0.5) is 10.1 Å². The van der Waals surface area contributed by atoms with E-state index in [0.717, 1.165) is 3.57 Å². The molecule has 1 heterocycles. The molecule has 132 valence electrons. The van der Waals surface area contributed by atoms with Gasteiger partial charge in [0, 0.05) is 9.26 Å². The summed E-state index contributed by atoms with van der Waals surface area (Å²) in [5, 5.41) is 2.68. The average molecular weight is 465 g/mol. The topological polar surface area (TPSA) is 73.2 Å². The van der Waals surface area contributed by atoms with E-state index in [1.54, 1.807) is 12.1 Å². The fourth-order valence-corrected chi connectivity index (χ4v) is 2.73. The molecular weight excluding hydrogens is 452 g/mol. The number of para-hydroxylation sites is 1. The van der Waals surface area contributed by atoms with E-state index in [0.29, 0.717) is 11.4 Å². The van der Waals surface area contributed by atoms with Gasteiger partial charge in [-0.1, -0.05) is 12.1 Å². The first kappa shape index (κ1) is 18.1. The molecule has 2 aromatic carbocycles. The Bertz CT molecular complexity index is 941. The van der Waals surface area contributed by atoms with Crippen LogP contribution in [-0.2, 0) is 9.53 Å². The normalized spacial score (nSPS) is 10.4. The number of hydrogen-bond acceptors (Lipinski definition) is 4. The standard InChI is InChI=1S/C18H13FIN3O3/c19-12-5-7-13(8-6-12)23-11-21-9-16(23)18(25)26-10-17(24)22-15-4-2-1-3-14(15)20/h1-9,11H,10H2,(H,22,24). The van der Waals surface area contributed by atoms with Gasteiger partial charge in [-0.3, -0.25) is 9.36 Å². The summed E-state index contributed by atoms with van der Waals surface area (Å²) < 4.78 is 20.4. The number of amides is 1. The number of benzene rings is 2. The van der Waals surface area contributed by atoms with Gasteiger partial charge < -0.3 is 10.1 Å². The molecule has 0 saturated carbocycles. The van der Waals surface area contributed by atoms with Crippen molar-refractivity contribution in [1.82, 2.24) is 9.55 Å². The highest BCUT2D eigenvalue weighted by Crippen LogP contribution is 2.17. The molecule has 0 radical (unpaired) electrons. The molecule has 1 N–H and O–H groups in total. The lowest BCUT2D eigenvalue weighted by molar-refractivity contribution is -0.119. The molecule has 3 rings (SSSR count). The van der Waals surface area contributed by atoms with Crippen molar-refractivity contribution in [2.75, 3.05) is 11.9 Å². The second kappa shape index (κ2) is 8.09. The molecular formula is C18H13FIN3O3. The molecule has 0 saturated heterocycles. The van der Waals surface area contributed by atoms with E-state index in [-0.39, 0.29) is 11.5 Å². The first-order chi connectivity index (χ1) is 12.5.